The Morgan fingerprint density at radius 1 is 1.23 bits per heavy atom. The minimum absolute atomic E-state index is 0.00485. The number of amides is 1. The number of hydrogen-bond donors (Lipinski definition) is 2. The molecule has 22 heavy (non-hydrogen) atoms. The molecule has 1 heterocycles. The first-order chi connectivity index (χ1) is 10.5. The molecule has 0 saturated carbocycles. The Balaban J connectivity index is 1.94. The van der Waals surface area contributed by atoms with Gasteiger partial charge in [-0.2, -0.15) is 0 Å². The monoisotopic (exact) mass is 305 g/mol. The molecule has 0 aliphatic carbocycles. The van der Waals surface area contributed by atoms with E-state index in [9.17, 15) is 14.7 Å². The van der Waals surface area contributed by atoms with Gasteiger partial charge in [-0.3, -0.25) is 9.59 Å². The van der Waals surface area contributed by atoms with Crippen LogP contribution in [0.4, 0.5) is 0 Å². The third-order valence-corrected chi connectivity index (χ3v) is 4.22. The molecule has 0 radical (unpaired) electrons. The van der Waals surface area contributed by atoms with Crippen LogP contribution < -0.4 is 0 Å². The summed E-state index contributed by atoms with van der Waals surface area (Å²) in [6.45, 7) is 3.03. The molecule has 2 rings (SSSR count). The van der Waals surface area contributed by atoms with E-state index in [4.69, 9.17) is 5.11 Å². The molecule has 120 valence electrons. The Morgan fingerprint density at radius 2 is 1.91 bits per heavy atom. The number of aliphatic hydroxyl groups excluding tert-OH is 1. The minimum atomic E-state index is -0.957. The fourth-order valence-corrected chi connectivity index (χ4v) is 2.85. The third kappa shape index (κ3) is 4.56. The van der Waals surface area contributed by atoms with Crippen LogP contribution >= 0.6 is 0 Å². The van der Waals surface area contributed by atoms with Crippen LogP contribution in [0.1, 0.15) is 30.4 Å². The Morgan fingerprint density at radius 3 is 2.55 bits per heavy atom. The maximum absolute atomic E-state index is 12.0. The highest BCUT2D eigenvalue weighted by Gasteiger charge is 2.30. The van der Waals surface area contributed by atoms with E-state index in [0.29, 0.717) is 19.5 Å². The van der Waals surface area contributed by atoms with Gasteiger partial charge < -0.3 is 15.1 Å². The van der Waals surface area contributed by atoms with Gasteiger partial charge >= 0.3 is 5.97 Å². The quantitative estimate of drug-likeness (QED) is 0.866. The molecule has 2 atom stereocenters. The maximum Gasteiger partial charge on any atom is 0.303 e. The topological polar surface area (TPSA) is 77.8 Å². The Bertz CT molecular complexity index is 526. The Labute approximate surface area is 130 Å². The number of piperidine rings is 1. The van der Waals surface area contributed by atoms with Gasteiger partial charge in [-0.05, 0) is 25.3 Å². The van der Waals surface area contributed by atoms with Crippen molar-refractivity contribution in [2.24, 2.45) is 5.92 Å². The second kappa shape index (κ2) is 7.40. The van der Waals surface area contributed by atoms with E-state index in [1.165, 1.54) is 5.56 Å². The zero-order valence-corrected chi connectivity index (χ0v) is 12.9. The summed E-state index contributed by atoms with van der Waals surface area (Å²) in [4.78, 5) is 24.3. The van der Waals surface area contributed by atoms with Gasteiger partial charge in [0.1, 0.15) is 0 Å². The Kier molecular flexibility index (Phi) is 5.55. The zero-order chi connectivity index (χ0) is 16.1. The van der Waals surface area contributed by atoms with E-state index in [-0.39, 0.29) is 24.7 Å². The molecule has 2 N–H and O–H groups in total. The standard InChI is InChI=1S/C17H23NO4/c1-12-2-4-13(5-3-12)10-14-11-18(9-8-15(14)19)16(20)6-7-17(21)22/h2-5,14-15,19H,6-11H2,1H3,(H,21,22)/t14-,15-/m1/s1. The number of carboxylic acids is 1. The molecule has 1 aromatic carbocycles. The van der Waals surface area contributed by atoms with Gasteiger partial charge in [0.2, 0.25) is 5.91 Å². The molecular weight excluding hydrogens is 282 g/mol. The predicted octanol–water partition coefficient (Wildman–Crippen LogP) is 1.61. The lowest BCUT2D eigenvalue weighted by molar-refractivity contribution is -0.142. The summed E-state index contributed by atoms with van der Waals surface area (Å²) < 4.78 is 0. The number of hydrogen-bond acceptors (Lipinski definition) is 3. The van der Waals surface area contributed by atoms with Crippen molar-refractivity contribution in [3.05, 3.63) is 35.4 Å². The smallest absolute Gasteiger partial charge is 0.303 e. The molecule has 0 unspecified atom stereocenters. The number of aliphatic carboxylic acids is 1. The SMILES string of the molecule is Cc1ccc(C[C@@H]2CN(C(=O)CCC(=O)O)CC[C@H]2O)cc1. The van der Waals surface area contributed by atoms with E-state index in [1.54, 1.807) is 4.90 Å². The maximum atomic E-state index is 12.0. The van der Waals surface area contributed by atoms with Crippen molar-refractivity contribution in [2.75, 3.05) is 13.1 Å². The van der Waals surface area contributed by atoms with Crippen molar-refractivity contribution in [3.63, 3.8) is 0 Å². The lowest BCUT2D eigenvalue weighted by atomic mass is 9.88. The zero-order valence-electron chi connectivity index (χ0n) is 12.9. The van der Waals surface area contributed by atoms with Gasteiger partial charge in [0.05, 0.1) is 12.5 Å². The number of carboxylic acid groups (broad SMARTS) is 1. The highest BCUT2D eigenvalue weighted by molar-refractivity contribution is 5.80. The molecule has 0 bridgehead atoms. The number of carbonyl (C=O) groups is 2. The molecule has 1 fully saturated rings. The van der Waals surface area contributed by atoms with Crippen LogP contribution in [-0.4, -0.2) is 46.2 Å². The second-order valence-corrected chi connectivity index (χ2v) is 6.04. The van der Waals surface area contributed by atoms with Gasteiger partial charge in [-0.15, -0.1) is 0 Å². The normalized spacial score (nSPS) is 21.6. The highest BCUT2D eigenvalue weighted by atomic mass is 16.4. The van der Waals surface area contributed by atoms with Crippen LogP contribution in [-0.2, 0) is 16.0 Å². The molecule has 5 nitrogen and oxygen atoms in total. The van der Waals surface area contributed by atoms with Crippen LogP contribution in [0.2, 0.25) is 0 Å². The number of nitrogens with zero attached hydrogens (tertiary/aromatic N) is 1. The van der Waals surface area contributed by atoms with Crippen molar-refractivity contribution in [2.45, 2.75) is 38.7 Å². The molecule has 5 heteroatoms. The van der Waals surface area contributed by atoms with E-state index >= 15 is 0 Å². The van der Waals surface area contributed by atoms with Gasteiger partial charge in [-0.1, -0.05) is 29.8 Å². The molecule has 1 aromatic rings. The van der Waals surface area contributed by atoms with Crippen LogP contribution in [0.5, 0.6) is 0 Å². The highest BCUT2D eigenvalue weighted by Crippen LogP contribution is 2.22. The number of carbonyl (C=O) groups excluding carboxylic acids is 1. The van der Waals surface area contributed by atoms with Crippen molar-refractivity contribution in [1.82, 2.24) is 4.90 Å². The number of rotatable bonds is 5. The fraction of sp³-hybridized carbons (Fsp3) is 0.529. The first-order valence-corrected chi connectivity index (χ1v) is 7.69. The number of aliphatic hydroxyl groups is 1. The largest absolute Gasteiger partial charge is 0.481 e. The summed E-state index contributed by atoms with van der Waals surface area (Å²) in [6.07, 6.45) is 0.757. The molecule has 0 aromatic heterocycles. The summed E-state index contributed by atoms with van der Waals surface area (Å²) in [7, 11) is 0. The molecule has 1 aliphatic rings. The van der Waals surface area contributed by atoms with Crippen molar-refractivity contribution in [3.8, 4) is 0 Å². The van der Waals surface area contributed by atoms with Crippen LogP contribution in [0.25, 0.3) is 0 Å². The average molecular weight is 305 g/mol. The lowest BCUT2D eigenvalue weighted by Gasteiger charge is -2.36. The second-order valence-electron chi connectivity index (χ2n) is 6.04. The van der Waals surface area contributed by atoms with E-state index in [0.717, 1.165) is 12.0 Å². The van der Waals surface area contributed by atoms with Gasteiger partial charge in [0.25, 0.3) is 0 Å². The number of benzene rings is 1. The number of aryl methyl sites for hydroxylation is 1. The molecule has 1 amide bonds. The van der Waals surface area contributed by atoms with E-state index < -0.39 is 12.1 Å². The van der Waals surface area contributed by atoms with Gasteiger partial charge in [-0.25, -0.2) is 0 Å². The van der Waals surface area contributed by atoms with Crippen LogP contribution in [0.15, 0.2) is 24.3 Å². The number of likely N-dealkylation sites (tertiary alicyclic amines) is 1. The lowest BCUT2D eigenvalue weighted by Crippen LogP contribution is -2.46. The molecule has 0 spiro atoms. The van der Waals surface area contributed by atoms with Crippen molar-refractivity contribution < 1.29 is 19.8 Å². The minimum Gasteiger partial charge on any atom is -0.481 e. The third-order valence-electron chi connectivity index (χ3n) is 4.22. The first-order valence-electron chi connectivity index (χ1n) is 7.69. The predicted molar refractivity (Wildman–Crippen MR) is 82.4 cm³/mol. The van der Waals surface area contributed by atoms with Crippen LogP contribution in [0.3, 0.4) is 0 Å². The molecule has 1 saturated heterocycles. The van der Waals surface area contributed by atoms with Gasteiger partial charge in [0, 0.05) is 25.4 Å². The molecular formula is C17H23NO4. The first kappa shape index (κ1) is 16.5. The summed E-state index contributed by atoms with van der Waals surface area (Å²) in [6, 6.07) is 8.18. The van der Waals surface area contributed by atoms with Gasteiger partial charge in [0.15, 0.2) is 0 Å². The van der Waals surface area contributed by atoms with E-state index in [1.807, 2.05) is 31.2 Å². The fourth-order valence-electron chi connectivity index (χ4n) is 2.85. The average Bonchev–Trinajstić information content (AvgIpc) is 2.49. The summed E-state index contributed by atoms with van der Waals surface area (Å²) >= 11 is 0. The van der Waals surface area contributed by atoms with Crippen molar-refractivity contribution in [1.29, 1.82) is 0 Å². The Hall–Kier alpha value is -1.88. The van der Waals surface area contributed by atoms with E-state index in [2.05, 4.69) is 0 Å². The summed E-state index contributed by atoms with van der Waals surface area (Å²) in [5.41, 5.74) is 2.34. The van der Waals surface area contributed by atoms with Crippen LogP contribution in [0, 0.1) is 12.8 Å². The summed E-state index contributed by atoms with van der Waals surface area (Å²) in [5, 5.41) is 18.8. The molecule has 1 aliphatic heterocycles. The summed E-state index contributed by atoms with van der Waals surface area (Å²) in [5.74, 6) is -1.09. The van der Waals surface area contributed by atoms with Crippen molar-refractivity contribution >= 4 is 11.9 Å².